The first-order valence-corrected chi connectivity index (χ1v) is 6.67. The second-order valence-corrected chi connectivity index (χ2v) is 5.27. The van der Waals surface area contributed by atoms with Crippen molar-refractivity contribution in [1.29, 1.82) is 0 Å². The van der Waals surface area contributed by atoms with Crippen LogP contribution in [0.5, 0.6) is 0 Å². The number of hydrogen-bond acceptors (Lipinski definition) is 5. The molecule has 0 aliphatic rings. The van der Waals surface area contributed by atoms with E-state index in [2.05, 4.69) is 20.5 Å². The predicted molar refractivity (Wildman–Crippen MR) is 74.7 cm³/mol. The molecule has 6 heteroatoms. The summed E-state index contributed by atoms with van der Waals surface area (Å²) in [6.07, 6.45) is 2.53. The predicted octanol–water partition coefficient (Wildman–Crippen LogP) is 1.45. The summed E-state index contributed by atoms with van der Waals surface area (Å²) in [4.78, 5) is 16.0. The molecule has 0 fully saturated rings. The van der Waals surface area contributed by atoms with Crippen molar-refractivity contribution in [2.75, 3.05) is 5.32 Å². The first-order chi connectivity index (χ1) is 8.85. The number of nitrogens with one attached hydrogen (secondary N) is 1. The lowest BCUT2D eigenvalue weighted by Crippen LogP contribution is -2.33. The molecule has 6 nitrogen and oxygen atoms in total. The van der Waals surface area contributed by atoms with Gasteiger partial charge in [-0.2, -0.15) is 0 Å². The molecule has 0 saturated heterocycles. The van der Waals surface area contributed by atoms with E-state index in [4.69, 9.17) is 5.73 Å². The molecular weight excluding hydrogens is 242 g/mol. The van der Waals surface area contributed by atoms with Crippen molar-refractivity contribution in [1.82, 2.24) is 15.2 Å². The van der Waals surface area contributed by atoms with Crippen LogP contribution in [0.2, 0.25) is 0 Å². The standard InChI is InChI=1S/C13H23N5O/c1-5-9-10(6-2)17-18-12(15-9)16-11(19)7-8-13(3,4)14/h5-8,14H2,1-4H3,(H,15,16,18,19). The number of nitrogens with zero attached hydrogens (tertiary/aromatic N) is 3. The number of anilines is 1. The van der Waals surface area contributed by atoms with Crippen LogP contribution in [0.15, 0.2) is 0 Å². The highest BCUT2D eigenvalue weighted by Crippen LogP contribution is 2.10. The molecule has 1 amide bonds. The van der Waals surface area contributed by atoms with Gasteiger partial charge in [-0.05, 0) is 33.1 Å². The Balaban J connectivity index is 2.64. The Bertz CT molecular complexity index is 439. The van der Waals surface area contributed by atoms with Crippen LogP contribution in [0.1, 0.15) is 51.9 Å². The van der Waals surface area contributed by atoms with E-state index in [9.17, 15) is 4.79 Å². The van der Waals surface area contributed by atoms with Gasteiger partial charge in [0.25, 0.3) is 0 Å². The molecule has 0 aliphatic heterocycles. The molecule has 1 aromatic heterocycles. The van der Waals surface area contributed by atoms with Crippen LogP contribution in [-0.4, -0.2) is 26.6 Å². The second kappa shape index (κ2) is 6.56. The lowest BCUT2D eigenvalue weighted by molar-refractivity contribution is -0.116. The van der Waals surface area contributed by atoms with Gasteiger partial charge in [-0.1, -0.05) is 13.8 Å². The SMILES string of the molecule is CCc1nnc(NC(=O)CCC(C)(C)N)nc1CC. The van der Waals surface area contributed by atoms with Crippen molar-refractivity contribution in [2.45, 2.75) is 58.9 Å². The summed E-state index contributed by atoms with van der Waals surface area (Å²) in [6.45, 7) is 7.80. The molecule has 0 saturated carbocycles. The zero-order valence-electron chi connectivity index (χ0n) is 12.2. The lowest BCUT2D eigenvalue weighted by atomic mass is 10.00. The summed E-state index contributed by atoms with van der Waals surface area (Å²) in [6, 6.07) is 0. The maximum absolute atomic E-state index is 11.7. The molecular formula is C13H23N5O. The molecule has 3 N–H and O–H groups in total. The molecule has 0 spiro atoms. The van der Waals surface area contributed by atoms with Gasteiger partial charge >= 0.3 is 0 Å². The molecule has 0 aromatic carbocycles. The molecule has 1 heterocycles. The van der Waals surface area contributed by atoms with E-state index in [1.807, 2.05) is 27.7 Å². The summed E-state index contributed by atoms with van der Waals surface area (Å²) in [5.41, 5.74) is 7.25. The second-order valence-electron chi connectivity index (χ2n) is 5.27. The topological polar surface area (TPSA) is 93.8 Å². The summed E-state index contributed by atoms with van der Waals surface area (Å²) >= 11 is 0. The Morgan fingerprint density at radius 2 is 1.84 bits per heavy atom. The van der Waals surface area contributed by atoms with Crippen LogP contribution in [0.25, 0.3) is 0 Å². The minimum atomic E-state index is -0.350. The fraction of sp³-hybridized carbons (Fsp3) is 0.692. The molecule has 0 bridgehead atoms. The first kappa shape index (κ1) is 15.5. The maximum atomic E-state index is 11.7. The molecule has 19 heavy (non-hydrogen) atoms. The zero-order valence-corrected chi connectivity index (χ0v) is 12.2. The monoisotopic (exact) mass is 265 g/mol. The van der Waals surface area contributed by atoms with E-state index in [0.717, 1.165) is 24.2 Å². The van der Waals surface area contributed by atoms with E-state index in [-0.39, 0.29) is 17.4 Å². The summed E-state index contributed by atoms with van der Waals surface area (Å²) in [5.74, 6) is 0.139. The van der Waals surface area contributed by atoms with E-state index < -0.39 is 0 Å². The van der Waals surface area contributed by atoms with Gasteiger partial charge in [-0.25, -0.2) is 4.98 Å². The van der Waals surface area contributed by atoms with Crippen molar-refractivity contribution in [3.05, 3.63) is 11.4 Å². The van der Waals surface area contributed by atoms with Gasteiger partial charge in [-0.3, -0.25) is 10.1 Å². The van der Waals surface area contributed by atoms with Gasteiger partial charge in [-0.15, -0.1) is 10.2 Å². The van der Waals surface area contributed by atoms with Gasteiger partial charge in [0, 0.05) is 12.0 Å². The minimum Gasteiger partial charge on any atom is -0.326 e. The third-order valence-electron chi connectivity index (χ3n) is 2.76. The van der Waals surface area contributed by atoms with Crippen LogP contribution >= 0.6 is 0 Å². The van der Waals surface area contributed by atoms with E-state index in [1.54, 1.807) is 0 Å². The van der Waals surface area contributed by atoms with Gasteiger partial charge in [0.15, 0.2) is 0 Å². The normalized spacial score (nSPS) is 11.4. The summed E-state index contributed by atoms with van der Waals surface area (Å²) in [5, 5.41) is 10.7. The van der Waals surface area contributed by atoms with Crippen LogP contribution in [0.3, 0.4) is 0 Å². The summed E-state index contributed by atoms with van der Waals surface area (Å²) < 4.78 is 0. The number of hydrogen-bond donors (Lipinski definition) is 2. The van der Waals surface area contributed by atoms with Gasteiger partial charge in [0.2, 0.25) is 11.9 Å². The lowest BCUT2D eigenvalue weighted by Gasteiger charge is -2.17. The largest absolute Gasteiger partial charge is 0.326 e. The molecule has 0 atom stereocenters. The van der Waals surface area contributed by atoms with Crippen LogP contribution in [-0.2, 0) is 17.6 Å². The minimum absolute atomic E-state index is 0.133. The Labute approximate surface area is 114 Å². The molecule has 1 aromatic rings. The smallest absolute Gasteiger partial charge is 0.249 e. The molecule has 0 unspecified atom stereocenters. The van der Waals surface area contributed by atoms with Crippen LogP contribution < -0.4 is 11.1 Å². The summed E-state index contributed by atoms with van der Waals surface area (Å²) in [7, 11) is 0. The van der Waals surface area contributed by atoms with Crippen LogP contribution in [0.4, 0.5) is 5.95 Å². The number of nitrogens with two attached hydrogens (primary N) is 1. The Morgan fingerprint density at radius 3 is 2.37 bits per heavy atom. The Morgan fingerprint density at radius 1 is 1.21 bits per heavy atom. The fourth-order valence-corrected chi connectivity index (χ4v) is 1.61. The highest BCUT2D eigenvalue weighted by atomic mass is 16.1. The zero-order chi connectivity index (χ0) is 14.5. The van der Waals surface area contributed by atoms with Crippen molar-refractivity contribution >= 4 is 11.9 Å². The average molecular weight is 265 g/mol. The number of rotatable bonds is 6. The van der Waals surface area contributed by atoms with Crippen molar-refractivity contribution in [3.8, 4) is 0 Å². The highest BCUT2D eigenvalue weighted by Gasteiger charge is 2.14. The van der Waals surface area contributed by atoms with Crippen LogP contribution in [0, 0.1) is 0 Å². The van der Waals surface area contributed by atoms with Gasteiger partial charge in [0.05, 0.1) is 11.4 Å². The molecule has 0 aliphatic carbocycles. The highest BCUT2D eigenvalue weighted by molar-refractivity contribution is 5.88. The number of carbonyl (C=O) groups is 1. The fourth-order valence-electron chi connectivity index (χ4n) is 1.61. The third-order valence-corrected chi connectivity index (χ3v) is 2.76. The number of amides is 1. The first-order valence-electron chi connectivity index (χ1n) is 6.67. The van der Waals surface area contributed by atoms with Crippen molar-refractivity contribution < 1.29 is 4.79 Å². The van der Waals surface area contributed by atoms with Gasteiger partial charge in [0.1, 0.15) is 0 Å². The van der Waals surface area contributed by atoms with Gasteiger partial charge < -0.3 is 5.73 Å². The van der Waals surface area contributed by atoms with Crippen molar-refractivity contribution in [3.63, 3.8) is 0 Å². The Kier molecular flexibility index (Phi) is 5.35. The average Bonchev–Trinajstić information content (AvgIpc) is 2.35. The quantitative estimate of drug-likeness (QED) is 0.812. The maximum Gasteiger partial charge on any atom is 0.249 e. The molecule has 1 rings (SSSR count). The number of aryl methyl sites for hydroxylation is 2. The molecule has 0 radical (unpaired) electrons. The molecule has 106 valence electrons. The van der Waals surface area contributed by atoms with E-state index in [0.29, 0.717) is 12.8 Å². The van der Waals surface area contributed by atoms with E-state index >= 15 is 0 Å². The number of carbonyl (C=O) groups excluding carboxylic acids is 1. The van der Waals surface area contributed by atoms with E-state index in [1.165, 1.54) is 0 Å². The number of aromatic nitrogens is 3. The van der Waals surface area contributed by atoms with Crippen molar-refractivity contribution in [2.24, 2.45) is 5.73 Å². The third kappa shape index (κ3) is 5.30. The Hall–Kier alpha value is -1.56.